The minimum absolute atomic E-state index is 0.0699. The van der Waals surface area contributed by atoms with Crippen molar-refractivity contribution in [3.05, 3.63) is 29.8 Å². The molecule has 8 nitrogen and oxygen atoms in total. The lowest BCUT2D eigenvalue weighted by Gasteiger charge is -2.32. The van der Waals surface area contributed by atoms with E-state index in [-0.39, 0.29) is 11.7 Å². The van der Waals surface area contributed by atoms with Crippen molar-refractivity contribution in [1.82, 2.24) is 0 Å². The highest BCUT2D eigenvalue weighted by Gasteiger charge is 2.93. The Balaban J connectivity index is 2.04. The zero-order chi connectivity index (χ0) is 22.7. The van der Waals surface area contributed by atoms with E-state index < -0.39 is 22.7 Å². The summed E-state index contributed by atoms with van der Waals surface area (Å²) >= 11 is 0. The van der Waals surface area contributed by atoms with Crippen LogP contribution >= 0.6 is 0 Å². The molecular weight excluding hydrogens is 394 g/mol. The Morgan fingerprint density at radius 1 is 1.13 bits per heavy atom. The van der Waals surface area contributed by atoms with E-state index in [9.17, 15) is 15.3 Å². The predicted molar refractivity (Wildman–Crippen MR) is 116 cm³/mol. The van der Waals surface area contributed by atoms with E-state index in [1.165, 1.54) is 6.92 Å². The van der Waals surface area contributed by atoms with Crippen LogP contribution in [0.5, 0.6) is 0 Å². The van der Waals surface area contributed by atoms with Gasteiger partial charge in [-0.05, 0) is 30.5 Å². The van der Waals surface area contributed by atoms with Crippen molar-refractivity contribution in [1.29, 1.82) is 10.5 Å². The second-order valence-corrected chi connectivity index (χ2v) is 8.06. The average Bonchev–Trinajstić information content (AvgIpc) is 3.32. The van der Waals surface area contributed by atoms with Crippen LogP contribution < -0.4 is 11.1 Å². The fraction of sp³-hybridized carbons (Fsp3) is 0.565. The average molecular weight is 424 g/mol. The molecular formula is C23H29N5O3. The Bertz CT molecular complexity index is 935. The van der Waals surface area contributed by atoms with Crippen LogP contribution in [0.3, 0.4) is 0 Å². The number of unbranched alkanes of at least 4 members (excludes halogenated alkanes) is 2. The van der Waals surface area contributed by atoms with Gasteiger partial charge < -0.3 is 20.5 Å². The first-order chi connectivity index (χ1) is 14.9. The first kappa shape index (κ1) is 22.7. The number of hydrogen-bond acceptors (Lipinski definition) is 7. The number of amidine groups is 1. The maximum Gasteiger partial charge on any atom is 0.293 e. The highest BCUT2D eigenvalue weighted by Crippen LogP contribution is 2.82. The van der Waals surface area contributed by atoms with E-state index in [0.717, 1.165) is 31.2 Å². The summed E-state index contributed by atoms with van der Waals surface area (Å²) in [6.07, 6.45) is 3.35. The third kappa shape index (κ3) is 3.27. The van der Waals surface area contributed by atoms with Crippen LogP contribution in [0, 0.1) is 33.5 Å². The number of amides is 1. The third-order valence-corrected chi connectivity index (χ3v) is 6.08. The highest BCUT2D eigenvalue weighted by molar-refractivity contribution is 6.00. The van der Waals surface area contributed by atoms with Gasteiger partial charge in [-0.1, -0.05) is 38.8 Å². The molecule has 1 fully saturated rings. The molecule has 0 bridgehead atoms. The van der Waals surface area contributed by atoms with Crippen molar-refractivity contribution < 1.29 is 14.3 Å². The number of nitrogens with zero attached hydrogens (tertiary/aromatic N) is 3. The van der Waals surface area contributed by atoms with Crippen LogP contribution in [0.2, 0.25) is 0 Å². The van der Waals surface area contributed by atoms with Crippen LogP contribution in [0.4, 0.5) is 5.69 Å². The van der Waals surface area contributed by atoms with Crippen LogP contribution in [0.1, 0.15) is 57.9 Å². The Labute approximate surface area is 183 Å². The molecule has 31 heavy (non-hydrogen) atoms. The van der Waals surface area contributed by atoms with Gasteiger partial charge in [-0.25, -0.2) is 4.99 Å². The summed E-state index contributed by atoms with van der Waals surface area (Å²) in [7, 11) is 0. The molecule has 1 saturated carbocycles. The van der Waals surface area contributed by atoms with Crippen molar-refractivity contribution >= 4 is 17.4 Å². The van der Waals surface area contributed by atoms with E-state index in [4.69, 9.17) is 15.2 Å². The summed E-state index contributed by atoms with van der Waals surface area (Å²) in [4.78, 5) is 15.8. The summed E-state index contributed by atoms with van der Waals surface area (Å²) < 4.78 is 12.3. The maximum absolute atomic E-state index is 11.3. The molecule has 3 rings (SSSR count). The van der Waals surface area contributed by atoms with Gasteiger partial charge in [-0.2, -0.15) is 10.5 Å². The number of benzene rings is 1. The molecule has 164 valence electrons. The zero-order valence-electron chi connectivity index (χ0n) is 18.3. The number of carbonyl (C=O) groups excluding carboxylic acids is 1. The van der Waals surface area contributed by atoms with E-state index in [1.54, 1.807) is 24.3 Å². The lowest BCUT2D eigenvalue weighted by atomic mass is 9.93. The summed E-state index contributed by atoms with van der Waals surface area (Å²) in [5, 5.41) is 23.3. The molecule has 1 aliphatic carbocycles. The molecule has 1 aliphatic heterocycles. The molecule has 1 aromatic rings. The lowest BCUT2D eigenvalue weighted by molar-refractivity contribution is -0.260. The number of nitrogens with two attached hydrogens (primary N) is 1. The fourth-order valence-electron chi connectivity index (χ4n) is 4.53. The van der Waals surface area contributed by atoms with Gasteiger partial charge in [-0.15, -0.1) is 0 Å². The summed E-state index contributed by atoms with van der Waals surface area (Å²) in [6.45, 7) is 6.20. The highest BCUT2D eigenvalue weighted by atomic mass is 16.7. The first-order valence-electron chi connectivity index (χ1n) is 10.7. The molecule has 3 N–H and O–H groups in total. The minimum atomic E-state index is -1.62. The Morgan fingerprint density at radius 2 is 1.71 bits per heavy atom. The topological polar surface area (TPSA) is 134 Å². The third-order valence-electron chi connectivity index (χ3n) is 6.08. The van der Waals surface area contributed by atoms with Gasteiger partial charge in [0.25, 0.3) is 5.91 Å². The number of nitriles is 2. The van der Waals surface area contributed by atoms with Crippen LogP contribution in [0.15, 0.2) is 29.3 Å². The van der Waals surface area contributed by atoms with E-state index in [1.807, 2.05) is 13.8 Å². The maximum atomic E-state index is 11.3. The minimum Gasteiger partial charge on any atom is -0.386 e. The van der Waals surface area contributed by atoms with E-state index in [0.29, 0.717) is 18.9 Å². The SMILES string of the molecule is CCCCOC1(OCCCC)N=C(N)C2(C#N)C(c3ccc(NC(C)=O)cc3)C12C#N. The normalized spacial score (nSPS) is 27.5. The number of ether oxygens (including phenoxy) is 2. The Morgan fingerprint density at radius 3 is 2.16 bits per heavy atom. The number of anilines is 1. The van der Waals surface area contributed by atoms with Crippen molar-refractivity contribution in [2.75, 3.05) is 18.5 Å². The Hall–Kier alpha value is -2.94. The van der Waals surface area contributed by atoms with Gasteiger partial charge in [0.2, 0.25) is 5.91 Å². The van der Waals surface area contributed by atoms with Crippen LogP contribution in [0.25, 0.3) is 0 Å². The number of rotatable bonds is 10. The van der Waals surface area contributed by atoms with Crippen LogP contribution in [-0.4, -0.2) is 30.9 Å². The largest absolute Gasteiger partial charge is 0.386 e. The standard InChI is InChI=1S/C23H29N5O3/c1-4-6-12-30-23(31-13-7-5-2)22(15-25)19(21(22,14-24)20(26)28-23)17-8-10-18(11-9-17)27-16(3)29/h8-11,19H,4-7,12-13H2,1-3H3,(H2,26,28)(H,27,29). The number of nitrogens with one attached hydrogen (secondary N) is 1. The van der Waals surface area contributed by atoms with Crippen molar-refractivity contribution in [3.8, 4) is 12.1 Å². The first-order valence-corrected chi connectivity index (χ1v) is 10.7. The van der Waals surface area contributed by atoms with Gasteiger partial charge in [0.15, 0.2) is 5.41 Å². The molecule has 1 aromatic carbocycles. The van der Waals surface area contributed by atoms with Gasteiger partial charge in [0, 0.05) is 18.5 Å². The summed E-state index contributed by atoms with van der Waals surface area (Å²) in [5.74, 6) is -2.28. The molecule has 1 amide bonds. The lowest BCUT2D eigenvalue weighted by Crippen LogP contribution is -2.44. The summed E-state index contributed by atoms with van der Waals surface area (Å²) in [5.41, 5.74) is 4.97. The fourth-order valence-corrected chi connectivity index (χ4v) is 4.53. The number of aliphatic imine (C=N–C) groups is 1. The van der Waals surface area contributed by atoms with Gasteiger partial charge in [0.05, 0.1) is 25.4 Å². The monoisotopic (exact) mass is 423 g/mol. The van der Waals surface area contributed by atoms with Crippen molar-refractivity contribution in [3.63, 3.8) is 0 Å². The smallest absolute Gasteiger partial charge is 0.293 e. The molecule has 0 radical (unpaired) electrons. The van der Waals surface area contributed by atoms with Gasteiger partial charge in [0.1, 0.15) is 11.3 Å². The molecule has 2 aliphatic rings. The van der Waals surface area contributed by atoms with Crippen molar-refractivity contribution in [2.24, 2.45) is 21.6 Å². The van der Waals surface area contributed by atoms with Crippen LogP contribution in [-0.2, 0) is 14.3 Å². The number of hydrogen-bond donors (Lipinski definition) is 2. The van der Waals surface area contributed by atoms with Gasteiger partial charge in [-0.3, -0.25) is 4.79 Å². The molecule has 3 unspecified atom stereocenters. The van der Waals surface area contributed by atoms with E-state index >= 15 is 0 Å². The molecule has 1 heterocycles. The number of carbonyl (C=O) groups is 1. The Kier molecular flexibility index (Phi) is 6.35. The number of fused-ring (bicyclic) bond motifs is 1. The molecule has 0 saturated heterocycles. The van der Waals surface area contributed by atoms with E-state index in [2.05, 4.69) is 22.4 Å². The zero-order valence-corrected chi connectivity index (χ0v) is 18.3. The molecule has 8 heteroatoms. The molecule has 3 atom stereocenters. The molecule has 0 aromatic heterocycles. The summed E-state index contributed by atoms with van der Waals surface area (Å²) in [6, 6.07) is 11.7. The molecule has 0 spiro atoms. The van der Waals surface area contributed by atoms with Gasteiger partial charge >= 0.3 is 0 Å². The predicted octanol–water partition coefficient (Wildman–Crippen LogP) is 3.42. The van der Waals surface area contributed by atoms with Crippen molar-refractivity contribution in [2.45, 2.75) is 58.3 Å². The second-order valence-electron chi connectivity index (χ2n) is 8.06. The second kappa shape index (κ2) is 8.66. The quantitative estimate of drug-likeness (QED) is 0.437.